The molecule has 0 radical (unpaired) electrons. The molecule has 10 rings (SSSR count). The number of benzene rings is 3. The van der Waals surface area contributed by atoms with Crippen molar-refractivity contribution in [2.75, 3.05) is 98.6 Å². The molecule has 5 aliphatic heterocycles. The number of imide groups is 2. The molecule has 350 valence electrons. The molecule has 3 aromatic carbocycles. The molecule has 5 fully saturated rings. The van der Waals surface area contributed by atoms with Gasteiger partial charge in [-0.1, -0.05) is 6.07 Å². The third kappa shape index (κ3) is 9.85. The molecule has 17 heteroatoms. The second-order valence-corrected chi connectivity index (χ2v) is 18.3. The fourth-order valence-electron chi connectivity index (χ4n) is 10.1. The lowest BCUT2D eigenvalue weighted by molar-refractivity contribution is -0.136. The zero-order chi connectivity index (χ0) is 46.0. The van der Waals surface area contributed by atoms with Crippen molar-refractivity contribution < 1.29 is 37.8 Å². The van der Waals surface area contributed by atoms with Crippen molar-refractivity contribution >= 4 is 52.4 Å². The van der Waals surface area contributed by atoms with Crippen molar-refractivity contribution in [1.82, 2.24) is 25.0 Å². The molecule has 67 heavy (non-hydrogen) atoms. The molecule has 6 aliphatic rings. The molecule has 0 bridgehead atoms. The Balaban J connectivity index is 0.601. The summed E-state index contributed by atoms with van der Waals surface area (Å²) < 4.78 is 27.7. The highest BCUT2D eigenvalue weighted by Crippen LogP contribution is 2.33. The number of nitrogens with zero attached hydrogens (tertiary/aromatic N) is 7. The van der Waals surface area contributed by atoms with E-state index in [1.54, 1.807) is 18.2 Å². The number of carbonyl (C=O) groups excluding carboxylic acids is 5. The van der Waals surface area contributed by atoms with Crippen LogP contribution in [0.5, 0.6) is 5.75 Å². The molecule has 6 heterocycles. The van der Waals surface area contributed by atoms with Crippen LogP contribution in [-0.4, -0.2) is 152 Å². The summed E-state index contributed by atoms with van der Waals surface area (Å²) in [4.78, 5) is 80.8. The molecule has 5 amide bonds. The predicted octanol–water partition coefficient (Wildman–Crippen LogP) is 4.41. The fourth-order valence-corrected chi connectivity index (χ4v) is 10.1. The molecular weight excluding hydrogens is 858 g/mol. The number of ether oxygens (including phenoxy) is 2. The Morgan fingerprint density at radius 1 is 0.687 bits per heavy atom. The van der Waals surface area contributed by atoms with Gasteiger partial charge in [0.25, 0.3) is 17.7 Å². The topological polar surface area (TPSA) is 160 Å². The zero-order valence-electron chi connectivity index (χ0n) is 37.5. The van der Waals surface area contributed by atoms with E-state index in [-0.39, 0.29) is 36.7 Å². The highest BCUT2D eigenvalue weighted by molar-refractivity contribution is 6.23. The Morgan fingerprint density at radius 3 is 2.06 bits per heavy atom. The molecule has 4 aromatic rings. The maximum Gasteiger partial charge on any atom is 0.262 e. The van der Waals surface area contributed by atoms with Gasteiger partial charge in [-0.05, 0) is 86.0 Å². The molecule has 1 atom stereocenters. The highest BCUT2D eigenvalue weighted by Gasteiger charge is 2.45. The van der Waals surface area contributed by atoms with Crippen molar-refractivity contribution in [2.45, 2.75) is 62.9 Å². The van der Waals surface area contributed by atoms with Gasteiger partial charge in [0.1, 0.15) is 29.5 Å². The number of nitrogens with one attached hydrogen (secondary N) is 2. The molecule has 1 aliphatic carbocycles. The number of rotatable bonds is 13. The Kier molecular flexibility index (Phi) is 12.9. The van der Waals surface area contributed by atoms with Gasteiger partial charge in [-0.25, -0.2) is 9.37 Å². The minimum Gasteiger partial charge on any atom is -0.490 e. The number of anilines is 4. The third-order valence-corrected chi connectivity index (χ3v) is 14.1. The Bertz CT molecular complexity index is 2480. The average Bonchev–Trinajstić information content (AvgIpc) is 3.58. The first-order valence-electron chi connectivity index (χ1n) is 23.6. The number of pyridine rings is 1. The Morgan fingerprint density at radius 2 is 1.36 bits per heavy atom. The fraction of sp³-hybridized carbons (Fsp3) is 0.440. The first kappa shape index (κ1) is 44.4. The van der Waals surface area contributed by atoms with Crippen LogP contribution < -0.4 is 30.1 Å². The van der Waals surface area contributed by atoms with E-state index >= 15 is 4.39 Å². The quantitative estimate of drug-likeness (QED) is 0.182. The maximum atomic E-state index is 15.2. The first-order chi connectivity index (χ1) is 32.6. The monoisotopic (exact) mass is 913 g/mol. The number of halogens is 1. The van der Waals surface area contributed by atoms with Crippen LogP contribution in [0.2, 0.25) is 0 Å². The van der Waals surface area contributed by atoms with Crippen molar-refractivity contribution in [3.63, 3.8) is 0 Å². The van der Waals surface area contributed by atoms with Gasteiger partial charge in [0.15, 0.2) is 0 Å². The van der Waals surface area contributed by atoms with Crippen LogP contribution >= 0.6 is 0 Å². The molecule has 0 spiro atoms. The van der Waals surface area contributed by atoms with Gasteiger partial charge < -0.3 is 34.4 Å². The highest BCUT2D eigenvalue weighted by atomic mass is 19.1. The second kappa shape index (κ2) is 19.4. The number of hydrogen-bond donors (Lipinski definition) is 2. The van der Waals surface area contributed by atoms with E-state index < -0.39 is 41.4 Å². The van der Waals surface area contributed by atoms with Gasteiger partial charge in [-0.15, -0.1) is 0 Å². The first-order valence-corrected chi connectivity index (χ1v) is 23.6. The van der Waals surface area contributed by atoms with Crippen molar-refractivity contribution in [3.8, 4) is 5.75 Å². The van der Waals surface area contributed by atoms with Crippen LogP contribution in [0.25, 0.3) is 0 Å². The van der Waals surface area contributed by atoms with Crippen molar-refractivity contribution in [1.29, 1.82) is 0 Å². The SMILES string of the molecule is O=C1CCC(N2C(=O)c3ccc(N4CCN(CCN5CCC(OC6CC(Oc7ccc(C(=O)Nc8ccc(N9CCN(c%10ccccn%10)CC9)cc8)c(F)c7)C6)CC5)CC4)cc3C2=O)C(=O)N1. The summed E-state index contributed by atoms with van der Waals surface area (Å²) in [5.74, 6) is -1.75. The van der Waals surface area contributed by atoms with Crippen LogP contribution in [0, 0.1) is 5.82 Å². The smallest absolute Gasteiger partial charge is 0.262 e. The largest absolute Gasteiger partial charge is 0.490 e. The van der Waals surface area contributed by atoms with E-state index in [2.05, 4.69) is 40.1 Å². The lowest BCUT2D eigenvalue weighted by atomic mass is 9.91. The molecule has 1 saturated carbocycles. The molecule has 16 nitrogen and oxygen atoms in total. The summed E-state index contributed by atoms with van der Waals surface area (Å²) in [6.45, 7) is 10.7. The third-order valence-electron chi connectivity index (χ3n) is 14.1. The van der Waals surface area contributed by atoms with Crippen molar-refractivity contribution in [3.05, 3.63) is 108 Å². The van der Waals surface area contributed by atoms with Gasteiger partial charge in [-0.2, -0.15) is 0 Å². The van der Waals surface area contributed by atoms with E-state index in [9.17, 15) is 24.0 Å². The van der Waals surface area contributed by atoms with Gasteiger partial charge in [0.05, 0.1) is 28.9 Å². The van der Waals surface area contributed by atoms with E-state index in [1.165, 1.54) is 12.1 Å². The maximum absolute atomic E-state index is 15.2. The standard InChI is InChI=1S/C50H56FN9O7/c51-43-32-37(9-11-41(43)47(62)53-33-4-6-34(7-5-33)57-25-27-59(28-26-57)45-3-1-2-16-52-45)67-39-30-38(31-39)66-36-14-17-55(18-15-36)19-20-56-21-23-58(24-22-56)35-8-10-40-42(29-35)50(65)60(49(40)64)44-12-13-46(61)54-48(44)63/h1-11,16,29,32,36,38-39,44H,12-15,17-28,30-31H2,(H,53,62)(H,54,61,63). The van der Waals surface area contributed by atoms with Gasteiger partial charge in [0, 0.05) is 127 Å². The second-order valence-electron chi connectivity index (χ2n) is 18.3. The minimum absolute atomic E-state index is 0.0412. The lowest BCUT2D eigenvalue weighted by Gasteiger charge is -2.40. The molecule has 1 unspecified atom stereocenters. The summed E-state index contributed by atoms with van der Waals surface area (Å²) in [5, 5.41) is 5.07. The number of hydrogen-bond acceptors (Lipinski definition) is 13. The van der Waals surface area contributed by atoms with Crippen LogP contribution in [0.15, 0.2) is 85.1 Å². The van der Waals surface area contributed by atoms with E-state index in [0.717, 1.165) is 126 Å². The number of likely N-dealkylation sites (tertiary alicyclic amines) is 1. The summed E-state index contributed by atoms with van der Waals surface area (Å²) in [6, 6.07) is 22.3. The number of fused-ring (bicyclic) bond motifs is 1. The van der Waals surface area contributed by atoms with Crippen LogP contribution in [0.3, 0.4) is 0 Å². The van der Waals surface area contributed by atoms with Gasteiger partial charge in [-0.3, -0.25) is 39.1 Å². The summed E-state index contributed by atoms with van der Waals surface area (Å²) in [6.07, 6.45) is 5.72. The number of piperidine rings is 2. The van der Waals surface area contributed by atoms with Crippen LogP contribution in [-0.2, 0) is 14.3 Å². The van der Waals surface area contributed by atoms with Gasteiger partial charge in [0.2, 0.25) is 11.8 Å². The average molecular weight is 914 g/mol. The normalized spacial score (nSPS) is 23.0. The molecule has 4 saturated heterocycles. The Labute approximate surface area is 388 Å². The predicted molar refractivity (Wildman–Crippen MR) is 249 cm³/mol. The summed E-state index contributed by atoms with van der Waals surface area (Å²) in [5.41, 5.74) is 3.09. The molecule has 2 N–H and O–H groups in total. The number of piperazine rings is 2. The number of carbonyl (C=O) groups is 5. The zero-order valence-corrected chi connectivity index (χ0v) is 37.5. The Hall–Kier alpha value is -6.43. The minimum atomic E-state index is -0.976. The molecule has 1 aromatic heterocycles. The number of aromatic nitrogens is 1. The molecular formula is C50H56FN9O7. The lowest BCUT2D eigenvalue weighted by Crippen LogP contribution is -2.54. The van der Waals surface area contributed by atoms with Crippen LogP contribution in [0.4, 0.5) is 27.3 Å². The van der Waals surface area contributed by atoms with E-state index in [4.69, 9.17) is 9.47 Å². The van der Waals surface area contributed by atoms with Gasteiger partial charge >= 0.3 is 0 Å². The van der Waals surface area contributed by atoms with E-state index in [0.29, 0.717) is 22.6 Å². The van der Waals surface area contributed by atoms with Crippen LogP contribution in [0.1, 0.15) is 69.6 Å². The number of amides is 5. The summed E-state index contributed by atoms with van der Waals surface area (Å²) in [7, 11) is 0. The summed E-state index contributed by atoms with van der Waals surface area (Å²) >= 11 is 0. The van der Waals surface area contributed by atoms with E-state index in [1.807, 2.05) is 54.7 Å². The van der Waals surface area contributed by atoms with Crippen molar-refractivity contribution in [2.24, 2.45) is 0 Å².